The molecule has 0 aromatic heterocycles. The normalized spacial score (nSPS) is 22.4. The summed E-state index contributed by atoms with van der Waals surface area (Å²) in [7, 11) is 0. The van der Waals surface area contributed by atoms with Gasteiger partial charge >= 0.3 is 0 Å². The van der Waals surface area contributed by atoms with Crippen molar-refractivity contribution in [1.29, 1.82) is 0 Å². The number of rotatable bonds is 5. The lowest BCUT2D eigenvalue weighted by molar-refractivity contribution is -0.142. The van der Waals surface area contributed by atoms with Gasteiger partial charge < -0.3 is 15.0 Å². The molecule has 0 unspecified atom stereocenters. The maximum absolute atomic E-state index is 13.6. The van der Waals surface area contributed by atoms with Crippen molar-refractivity contribution in [3.05, 3.63) is 65.7 Å². The Balaban J connectivity index is 1.61. The maximum Gasteiger partial charge on any atom is 0.268 e. The van der Waals surface area contributed by atoms with Crippen LogP contribution in [0.5, 0.6) is 5.75 Å². The number of para-hydroxylation sites is 1. The summed E-state index contributed by atoms with van der Waals surface area (Å²) in [5.41, 5.74) is 1.80. The fraction of sp³-hybridized carbons (Fsp3) is 0.417. The molecule has 2 aromatic carbocycles. The number of aryl methyl sites for hydroxylation is 1. The summed E-state index contributed by atoms with van der Waals surface area (Å²) in [5.74, 6) is 0.814. The summed E-state index contributed by atoms with van der Waals surface area (Å²) >= 11 is 0. The molecule has 1 spiro atoms. The zero-order valence-corrected chi connectivity index (χ0v) is 16.9. The third-order valence-electron chi connectivity index (χ3n) is 6.09. The number of hydrogen-bond acceptors (Lipinski definition) is 3. The number of hydrogen-bond donors (Lipinski definition) is 1. The van der Waals surface area contributed by atoms with Crippen molar-refractivity contribution in [2.24, 2.45) is 5.41 Å². The molecule has 5 nitrogen and oxygen atoms in total. The Labute approximate surface area is 172 Å². The minimum Gasteiger partial charge on any atom is -0.476 e. The number of ether oxygens (including phenoxy) is 1. The molecule has 0 aliphatic carbocycles. The van der Waals surface area contributed by atoms with Crippen molar-refractivity contribution < 1.29 is 14.3 Å². The highest BCUT2D eigenvalue weighted by Crippen LogP contribution is 2.37. The Morgan fingerprint density at radius 2 is 1.93 bits per heavy atom. The van der Waals surface area contributed by atoms with E-state index in [0.717, 1.165) is 36.1 Å². The molecule has 2 saturated heterocycles. The number of benzene rings is 2. The van der Waals surface area contributed by atoms with Crippen LogP contribution < -0.4 is 10.1 Å². The molecule has 2 aliphatic heterocycles. The fourth-order valence-electron chi connectivity index (χ4n) is 4.53. The number of carbonyl (C=O) groups excluding carboxylic acids is 2. The van der Waals surface area contributed by atoms with E-state index in [2.05, 4.69) is 12.2 Å². The summed E-state index contributed by atoms with van der Waals surface area (Å²) in [6, 6.07) is 17.6. The Morgan fingerprint density at radius 1 is 1.17 bits per heavy atom. The van der Waals surface area contributed by atoms with Gasteiger partial charge in [-0.1, -0.05) is 55.5 Å². The van der Waals surface area contributed by atoms with Gasteiger partial charge in [0.05, 0.1) is 0 Å². The average Bonchev–Trinajstić information content (AvgIpc) is 3.11. The second kappa shape index (κ2) is 8.27. The quantitative estimate of drug-likeness (QED) is 0.847. The lowest BCUT2D eigenvalue weighted by Gasteiger charge is -2.40. The summed E-state index contributed by atoms with van der Waals surface area (Å²) in [5, 5.41) is 2.95. The Kier molecular flexibility index (Phi) is 5.56. The van der Waals surface area contributed by atoms with E-state index in [1.165, 1.54) is 0 Å². The molecule has 152 valence electrons. The predicted octanol–water partition coefficient (Wildman–Crippen LogP) is 3.50. The zero-order valence-electron chi connectivity index (χ0n) is 16.9. The topological polar surface area (TPSA) is 58.6 Å². The largest absolute Gasteiger partial charge is 0.476 e. The summed E-state index contributed by atoms with van der Waals surface area (Å²) in [6.45, 7) is 4.05. The van der Waals surface area contributed by atoms with Crippen molar-refractivity contribution >= 4 is 11.8 Å². The Morgan fingerprint density at radius 3 is 2.66 bits per heavy atom. The summed E-state index contributed by atoms with van der Waals surface area (Å²) in [4.78, 5) is 27.3. The number of likely N-dealkylation sites (tertiary alicyclic amines) is 1. The number of piperidine rings is 1. The monoisotopic (exact) mass is 392 g/mol. The average molecular weight is 392 g/mol. The molecular weight excluding hydrogens is 364 g/mol. The van der Waals surface area contributed by atoms with E-state index in [1.807, 2.05) is 59.5 Å². The summed E-state index contributed by atoms with van der Waals surface area (Å²) in [6.07, 6.45) is 2.54. The standard InChI is InChI=1S/C24H28N2O3/c1-2-18-9-6-7-12-20(18)29-22(19-10-4-3-5-11-19)23(28)26-14-8-13-24(17-26)15-21(27)25-16-24/h3-7,9-12,22H,2,8,13-17H2,1H3,(H,25,27)/t22-,24+/m1/s1. The molecular formula is C24H28N2O3. The van der Waals surface area contributed by atoms with Gasteiger partial charge in [-0.2, -0.15) is 0 Å². The molecule has 0 saturated carbocycles. The molecule has 0 bridgehead atoms. The maximum atomic E-state index is 13.6. The van der Waals surface area contributed by atoms with Crippen LogP contribution in [0.25, 0.3) is 0 Å². The van der Waals surface area contributed by atoms with Gasteiger partial charge in [0.15, 0.2) is 0 Å². The SMILES string of the molecule is CCc1ccccc1O[C@@H](C(=O)N1CCC[C@]2(CNC(=O)C2)C1)c1ccccc1. The molecule has 2 atom stereocenters. The molecule has 4 rings (SSSR count). The van der Waals surface area contributed by atoms with Gasteiger partial charge in [0.25, 0.3) is 5.91 Å². The highest BCUT2D eigenvalue weighted by Gasteiger charge is 2.44. The van der Waals surface area contributed by atoms with Crippen LogP contribution in [0.1, 0.15) is 43.4 Å². The van der Waals surface area contributed by atoms with Crippen LogP contribution in [0.15, 0.2) is 54.6 Å². The van der Waals surface area contributed by atoms with Crippen molar-refractivity contribution in [3.63, 3.8) is 0 Å². The lowest BCUT2D eigenvalue weighted by atomic mass is 9.79. The number of carbonyl (C=O) groups is 2. The molecule has 2 amide bonds. The van der Waals surface area contributed by atoms with E-state index in [4.69, 9.17) is 4.74 Å². The van der Waals surface area contributed by atoms with Gasteiger partial charge in [0, 0.05) is 37.0 Å². The number of nitrogens with zero attached hydrogens (tertiary/aromatic N) is 1. The van der Waals surface area contributed by atoms with Gasteiger partial charge in [-0.3, -0.25) is 9.59 Å². The Bertz CT molecular complexity index is 883. The Hall–Kier alpha value is -2.82. The number of nitrogens with one attached hydrogen (secondary N) is 1. The smallest absolute Gasteiger partial charge is 0.268 e. The zero-order chi connectivity index (χ0) is 20.3. The van der Waals surface area contributed by atoms with Crippen molar-refractivity contribution in [3.8, 4) is 5.75 Å². The molecule has 2 aromatic rings. The first-order chi connectivity index (χ1) is 14.1. The van der Waals surface area contributed by atoms with Crippen LogP contribution in [0, 0.1) is 5.41 Å². The van der Waals surface area contributed by atoms with Gasteiger partial charge in [0.2, 0.25) is 12.0 Å². The molecule has 2 aliphatic rings. The molecule has 29 heavy (non-hydrogen) atoms. The van der Waals surface area contributed by atoms with Crippen LogP contribution >= 0.6 is 0 Å². The first-order valence-electron chi connectivity index (χ1n) is 10.5. The van der Waals surface area contributed by atoms with Gasteiger partial charge in [-0.25, -0.2) is 0 Å². The number of amides is 2. The van der Waals surface area contributed by atoms with Crippen LogP contribution in [-0.4, -0.2) is 36.3 Å². The van der Waals surface area contributed by atoms with Crippen LogP contribution in [0.4, 0.5) is 0 Å². The first-order valence-corrected chi connectivity index (χ1v) is 10.5. The highest BCUT2D eigenvalue weighted by atomic mass is 16.5. The van der Waals surface area contributed by atoms with Crippen LogP contribution in [0.2, 0.25) is 0 Å². The van der Waals surface area contributed by atoms with E-state index < -0.39 is 6.10 Å². The van der Waals surface area contributed by atoms with Gasteiger partial charge in [0.1, 0.15) is 5.75 Å². The summed E-state index contributed by atoms with van der Waals surface area (Å²) < 4.78 is 6.34. The van der Waals surface area contributed by atoms with E-state index >= 15 is 0 Å². The molecule has 2 heterocycles. The van der Waals surface area contributed by atoms with E-state index in [-0.39, 0.29) is 17.2 Å². The van der Waals surface area contributed by atoms with E-state index in [1.54, 1.807) is 0 Å². The third kappa shape index (κ3) is 4.14. The van der Waals surface area contributed by atoms with Gasteiger partial charge in [-0.05, 0) is 30.9 Å². The molecule has 5 heteroatoms. The minimum absolute atomic E-state index is 0.0273. The van der Waals surface area contributed by atoms with Crippen LogP contribution in [0.3, 0.4) is 0 Å². The van der Waals surface area contributed by atoms with E-state index in [0.29, 0.717) is 26.1 Å². The fourth-order valence-corrected chi connectivity index (χ4v) is 4.53. The molecule has 1 N–H and O–H groups in total. The molecule has 2 fully saturated rings. The van der Waals surface area contributed by atoms with E-state index in [9.17, 15) is 9.59 Å². The second-order valence-electron chi connectivity index (χ2n) is 8.19. The van der Waals surface area contributed by atoms with Crippen molar-refractivity contribution in [1.82, 2.24) is 10.2 Å². The lowest BCUT2D eigenvalue weighted by Crippen LogP contribution is -2.49. The second-order valence-corrected chi connectivity index (χ2v) is 8.19. The van der Waals surface area contributed by atoms with Crippen LogP contribution in [-0.2, 0) is 16.0 Å². The van der Waals surface area contributed by atoms with Gasteiger partial charge in [-0.15, -0.1) is 0 Å². The van der Waals surface area contributed by atoms with Crippen molar-refractivity contribution in [2.75, 3.05) is 19.6 Å². The molecule has 0 radical (unpaired) electrons. The highest BCUT2D eigenvalue weighted by molar-refractivity contribution is 5.84. The van der Waals surface area contributed by atoms with Crippen molar-refractivity contribution in [2.45, 2.75) is 38.7 Å². The third-order valence-corrected chi connectivity index (χ3v) is 6.09. The predicted molar refractivity (Wildman–Crippen MR) is 112 cm³/mol. The first kappa shape index (κ1) is 19.5. The minimum atomic E-state index is -0.691.